The third-order valence-corrected chi connectivity index (χ3v) is 6.43. The molecule has 0 saturated carbocycles. The van der Waals surface area contributed by atoms with E-state index in [2.05, 4.69) is 29.6 Å². The zero-order valence-electron chi connectivity index (χ0n) is 18.6. The van der Waals surface area contributed by atoms with Crippen molar-refractivity contribution in [1.82, 2.24) is 0 Å². The Labute approximate surface area is 182 Å². The molecule has 0 spiro atoms. The normalized spacial score (nSPS) is 15.8. The molecule has 3 aromatic rings. The van der Waals surface area contributed by atoms with Gasteiger partial charge < -0.3 is 24.1 Å². The fourth-order valence-corrected chi connectivity index (χ4v) is 4.46. The number of rotatable bonds is 7. The number of fused-ring (bicyclic) bond motifs is 1. The Morgan fingerprint density at radius 1 is 1.10 bits per heavy atom. The van der Waals surface area contributed by atoms with E-state index in [1.54, 1.807) is 13.2 Å². The van der Waals surface area contributed by atoms with Gasteiger partial charge in [0.05, 0.1) is 20.3 Å². The Kier molecular flexibility index (Phi) is 6.70. The van der Waals surface area contributed by atoms with Gasteiger partial charge in [-0.25, -0.2) is 4.79 Å². The lowest BCUT2D eigenvalue weighted by atomic mass is 10.0. The molecule has 0 bridgehead atoms. The minimum atomic E-state index is -0.282. The second-order valence-corrected chi connectivity index (χ2v) is 8.30. The van der Waals surface area contributed by atoms with Crippen molar-refractivity contribution in [3.05, 3.63) is 75.1 Å². The van der Waals surface area contributed by atoms with Gasteiger partial charge in [0.1, 0.15) is 37.5 Å². The molecule has 0 radical (unpaired) electrons. The van der Waals surface area contributed by atoms with Crippen LogP contribution in [-0.2, 0) is 11.3 Å². The molecule has 164 valence electrons. The van der Waals surface area contributed by atoms with Crippen LogP contribution in [-0.4, -0.2) is 40.0 Å². The number of ether oxygens (including phenoxy) is 2. The van der Waals surface area contributed by atoms with Gasteiger partial charge in [-0.15, -0.1) is 0 Å². The Bertz CT molecular complexity index is 1090. The van der Waals surface area contributed by atoms with Gasteiger partial charge in [0.25, 0.3) is 0 Å². The Hall–Kier alpha value is -2.67. The first-order chi connectivity index (χ1) is 15.1. The number of hydrogen-bond acceptors (Lipinski definition) is 4. The predicted molar refractivity (Wildman–Crippen MR) is 120 cm³/mol. The quantitative estimate of drug-likeness (QED) is 0.558. The lowest BCUT2D eigenvalue weighted by molar-refractivity contribution is -0.952. The summed E-state index contributed by atoms with van der Waals surface area (Å²) in [7, 11) is 1.69. The smallest absolute Gasteiger partial charge is 0.336 e. The van der Waals surface area contributed by atoms with Gasteiger partial charge in [-0.2, -0.15) is 0 Å². The standard InChI is InChI=1S/C25H30N2O4/c1-17-4-9-22-20(14-24(28)31-25(22)18(17)2)15-26-16-23(27-10-12-30-13-11-27)19-5-7-21(29-3)8-6-19/h4-9,14,23,26H,10-13,15-16H2,1-3H3/p+2/t23-/m1/s1. The Morgan fingerprint density at radius 2 is 1.84 bits per heavy atom. The van der Waals surface area contributed by atoms with E-state index < -0.39 is 0 Å². The van der Waals surface area contributed by atoms with E-state index in [0.29, 0.717) is 11.6 Å². The van der Waals surface area contributed by atoms with Gasteiger partial charge >= 0.3 is 5.63 Å². The van der Waals surface area contributed by atoms with Crippen molar-refractivity contribution in [2.24, 2.45) is 0 Å². The highest BCUT2D eigenvalue weighted by atomic mass is 16.5. The second-order valence-electron chi connectivity index (χ2n) is 8.30. The molecule has 0 amide bonds. The second kappa shape index (κ2) is 9.64. The van der Waals surface area contributed by atoms with Crippen molar-refractivity contribution in [2.75, 3.05) is 40.0 Å². The molecule has 1 atom stereocenters. The molecule has 1 saturated heterocycles. The minimum Gasteiger partial charge on any atom is -0.497 e. The summed E-state index contributed by atoms with van der Waals surface area (Å²) in [5.41, 5.74) is 4.92. The van der Waals surface area contributed by atoms with E-state index in [1.807, 2.05) is 26.0 Å². The maximum atomic E-state index is 12.2. The fourth-order valence-electron chi connectivity index (χ4n) is 4.46. The summed E-state index contributed by atoms with van der Waals surface area (Å²) >= 11 is 0. The van der Waals surface area contributed by atoms with Crippen LogP contribution >= 0.6 is 0 Å². The van der Waals surface area contributed by atoms with E-state index in [0.717, 1.165) is 67.2 Å². The molecule has 31 heavy (non-hydrogen) atoms. The topological polar surface area (TPSA) is 69.7 Å². The summed E-state index contributed by atoms with van der Waals surface area (Å²) in [5, 5.41) is 3.33. The first-order valence-corrected chi connectivity index (χ1v) is 11.0. The molecular formula is C25H32N2O4+2. The molecule has 6 heteroatoms. The summed E-state index contributed by atoms with van der Waals surface area (Å²) in [6.45, 7) is 9.31. The van der Waals surface area contributed by atoms with Gasteiger partial charge in [0, 0.05) is 22.6 Å². The summed E-state index contributed by atoms with van der Waals surface area (Å²) in [6.07, 6.45) is 0. The van der Waals surface area contributed by atoms with Crippen molar-refractivity contribution in [2.45, 2.75) is 26.4 Å². The summed E-state index contributed by atoms with van der Waals surface area (Å²) in [5.74, 6) is 0.872. The molecule has 0 unspecified atom stereocenters. The van der Waals surface area contributed by atoms with Crippen LogP contribution in [0.3, 0.4) is 0 Å². The maximum Gasteiger partial charge on any atom is 0.336 e. The highest BCUT2D eigenvalue weighted by Gasteiger charge is 2.28. The molecule has 6 nitrogen and oxygen atoms in total. The SMILES string of the molecule is COc1ccc([C@@H](C[NH2+]Cc2cc(=O)oc3c(C)c(C)ccc23)[NH+]2CCOCC2)cc1. The number of morpholine rings is 1. The van der Waals surface area contributed by atoms with Crippen LogP contribution in [0.5, 0.6) is 5.75 Å². The van der Waals surface area contributed by atoms with Crippen LogP contribution in [0.2, 0.25) is 0 Å². The Morgan fingerprint density at radius 3 is 2.55 bits per heavy atom. The monoisotopic (exact) mass is 424 g/mol. The molecule has 2 heterocycles. The van der Waals surface area contributed by atoms with Crippen molar-refractivity contribution in [1.29, 1.82) is 0 Å². The van der Waals surface area contributed by atoms with Gasteiger partial charge in [-0.3, -0.25) is 0 Å². The van der Waals surface area contributed by atoms with Gasteiger partial charge in [-0.05, 0) is 49.2 Å². The van der Waals surface area contributed by atoms with E-state index in [4.69, 9.17) is 13.9 Å². The fraction of sp³-hybridized carbons (Fsp3) is 0.400. The van der Waals surface area contributed by atoms with Crippen LogP contribution in [0.15, 0.2) is 51.7 Å². The molecule has 3 N–H and O–H groups in total. The lowest BCUT2D eigenvalue weighted by Gasteiger charge is -2.31. The zero-order valence-corrected chi connectivity index (χ0v) is 18.6. The van der Waals surface area contributed by atoms with Crippen LogP contribution in [0, 0.1) is 13.8 Å². The van der Waals surface area contributed by atoms with Crippen molar-refractivity contribution in [3.63, 3.8) is 0 Å². The van der Waals surface area contributed by atoms with E-state index in [-0.39, 0.29) is 5.63 Å². The third-order valence-electron chi connectivity index (χ3n) is 6.43. The molecule has 4 rings (SSSR count). The van der Waals surface area contributed by atoms with E-state index in [9.17, 15) is 4.79 Å². The first-order valence-electron chi connectivity index (χ1n) is 11.0. The molecule has 1 aliphatic heterocycles. The molecular weight excluding hydrogens is 392 g/mol. The summed E-state index contributed by atoms with van der Waals surface area (Å²) in [4.78, 5) is 13.7. The largest absolute Gasteiger partial charge is 0.497 e. The predicted octanol–water partition coefficient (Wildman–Crippen LogP) is 1.14. The van der Waals surface area contributed by atoms with Crippen molar-refractivity contribution >= 4 is 11.0 Å². The van der Waals surface area contributed by atoms with Crippen LogP contribution in [0.25, 0.3) is 11.0 Å². The average molecular weight is 425 g/mol. The molecule has 0 aliphatic carbocycles. The summed E-state index contributed by atoms with van der Waals surface area (Å²) < 4.78 is 16.4. The lowest BCUT2D eigenvalue weighted by Crippen LogP contribution is -3.16. The van der Waals surface area contributed by atoms with Gasteiger partial charge in [-0.1, -0.05) is 12.1 Å². The average Bonchev–Trinajstić information content (AvgIpc) is 2.80. The molecule has 2 aromatic carbocycles. The molecule has 1 aromatic heterocycles. The van der Waals surface area contributed by atoms with Crippen LogP contribution in [0.4, 0.5) is 0 Å². The van der Waals surface area contributed by atoms with E-state index in [1.165, 1.54) is 10.5 Å². The number of aryl methyl sites for hydroxylation is 2. The maximum absolute atomic E-state index is 12.2. The number of hydrogen-bond donors (Lipinski definition) is 2. The number of benzene rings is 2. The molecule has 1 fully saturated rings. The van der Waals surface area contributed by atoms with Gasteiger partial charge in [0.15, 0.2) is 6.04 Å². The summed E-state index contributed by atoms with van der Waals surface area (Å²) in [6, 6.07) is 14.5. The van der Waals surface area contributed by atoms with E-state index >= 15 is 0 Å². The number of quaternary nitrogens is 2. The first kappa shape index (κ1) is 21.6. The van der Waals surface area contributed by atoms with Gasteiger partial charge in [0.2, 0.25) is 0 Å². The van der Waals surface area contributed by atoms with Crippen molar-refractivity contribution in [3.8, 4) is 5.75 Å². The van der Waals surface area contributed by atoms with Crippen LogP contribution in [0.1, 0.15) is 28.3 Å². The molecule has 1 aliphatic rings. The van der Waals surface area contributed by atoms with Crippen LogP contribution < -0.4 is 20.6 Å². The number of methoxy groups -OCH3 is 1. The third kappa shape index (κ3) is 4.82. The number of nitrogens with one attached hydrogen (secondary N) is 1. The highest BCUT2D eigenvalue weighted by molar-refractivity contribution is 5.83. The Balaban J connectivity index is 1.55. The minimum absolute atomic E-state index is 0.282. The van der Waals surface area contributed by atoms with Crippen molar-refractivity contribution < 1.29 is 24.1 Å². The zero-order chi connectivity index (χ0) is 21.8. The number of nitrogens with two attached hydrogens (primary N) is 1. The highest BCUT2D eigenvalue weighted by Crippen LogP contribution is 2.22.